The molecule has 0 N–H and O–H groups in total. The third-order valence-corrected chi connectivity index (χ3v) is 17.9. The second-order valence-electron chi connectivity index (χ2n) is 21.6. The third-order valence-electron chi connectivity index (χ3n) is 15.8. The molecule has 3 aliphatic heterocycles. The van der Waals surface area contributed by atoms with Crippen molar-refractivity contribution in [1.82, 2.24) is 0 Å². The van der Waals surface area contributed by atoms with Gasteiger partial charge in [-0.25, -0.2) is 0 Å². The van der Waals surface area contributed by atoms with Crippen LogP contribution < -0.4 is 24.3 Å². The van der Waals surface area contributed by atoms with E-state index in [-0.39, 0.29) is 22.5 Å². The first-order chi connectivity index (χ1) is 36.2. The van der Waals surface area contributed by atoms with Crippen LogP contribution in [0.5, 0.6) is 5.75 Å². The molecule has 0 atom stereocenters. The molecule has 0 spiro atoms. The fourth-order valence-electron chi connectivity index (χ4n) is 12.0. The molecular weight excluding hydrogens is 959 g/mol. The predicted octanol–water partition coefficient (Wildman–Crippen LogP) is 16.1. The monoisotopic (exact) mass is 1030 g/mol. The van der Waals surface area contributed by atoms with Gasteiger partial charge in [-0.1, -0.05) is 86.3 Å². The molecule has 0 unspecified atom stereocenters. The molecule has 11 rings (SSSR count). The average Bonchev–Trinajstić information content (AvgIpc) is 3.78. The van der Waals surface area contributed by atoms with Gasteiger partial charge < -0.3 is 19.4 Å². The van der Waals surface area contributed by atoms with E-state index >= 15 is 0 Å². The zero-order valence-corrected chi connectivity index (χ0v) is 46.8. The molecule has 75 heavy (non-hydrogen) atoms. The van der Waals surface area contributed by atoms with Gasteiger partial charge in [0.2, 0.25) is 11.6 Å². The third kappa shape index (κ3) is 8.95. The van der Waals surface area contributed by atoms with E-state index in [0.29, 0.717) is 0 Å². The number of ether oxygens (including phenoxy) is 1. The molecule has 1 aliphatic carbocycles. The van der Waals surface area contributed by atoms with E-state index in [9.17, 15) is 4.79 Å². The Kier molecular flexibility index (Phi) is 13.4. The summed E-state index contributed by atoms with van der Waals surface area (Å²) in [6.45, 7) is 15.8. The molecule has 4 aliphatic rings. The predicted molar refractivity (Wildman–Crippen MR) is 319 cm³/mol. The van der Waals surface area contributed by atoms with Crippen molar-refractivity contribution in [2.24, 2.45) is 0 Å². The van der Waals surface area contributed by atoms with Gasteiger partial charge in [-0.15, -0.1) is 11.8 Å². The van der Waals surface area contributed by atoms with Crippen LogP contribution in [-0.2, 0) is 15.6 Å². The van der Waals surface area contributed by atoms with Crippen LogP contribution in [0.1, 0.15) is 71.9 Å². The lowest BCUT2D eigenvalue weighted by molar-refractivity contribution is -0.433. The molecule has 3 heterocycles. The number of likely N-dealkylation sites (N-methyl/N-ethyl adjacent to an activating group) is 1. The quantitative estimate of drug-likeness (QED) is 0.0892. The van der Waals surface area contributed by atoms with E-state index in [1.165, 1.54) is 66.6 Å². The standard InChI is InChI=1S/C66H68N5O2S2/c1-11-69-55-34-24-43-18-13-15-22-51(43)62(55)65(3,4)59(69)38-26-45-20-17-21-46(27-39-60-66(5,6)63-52-23-16-14-19-44(52)25-35-56(63)70(60)12-2)64(45)73-49-30-32-50(33-31-49)74-42-61(72)71-53-36-28-47(67(7)8)40-57(53)75-58-41-48(68(9)10)29-37-54(58)71/h13-16,18-19,22-41H,11-12,17,20-21,42H2,1-10H3/q+1. The normalized spacial score (nSPS) is 17.6. The van der Waals surface area contributed by atoms with Crippen molar-refractivity contribution < 1.29 is 14.1 Å². The molecule has 380 valence electrons. The molecule has 9 heteroatoms. The molecule has 1 amide bonds. The Labute approximate surface area is 452 Å². The Hall–Kier alpha value is -6.94. The molecule has 7 nitrogen and oxygen atoms in total. The summed E-state index contributed by atoms with van der Waals surface area (Å²) in [6, 6.07) is 47.8. The van der Waals surface area contributed by atoms with Gasteiger partial charge in [-0.05, 0) is 170 Å². The summed E-state index contributed by atoms with van der Waals surface area (Å²) in [5.74, 6) is 2.01. The number of carbonyl (C=O) groups is 1. The Morgan fingerprint density at radius 3 is 1.93 bits per heavy atom. The number of anilines is 5. The number of benzene rings is 7. The summed E-state index contributed by atoms with van der Waals surface area (Å²) >= 11 is 3.28. The SMILES string of the molecule is CCN1/C(=C/C=C2\CCCC(/C=C/C3=[N+](CC)c4ccc5ccccc5c4C3(C)C)=C2Oc2ccc(SCC(=O)N3c4ccc(N(C)C)cc4Sc4cc(N(C)C)ccc43)cc2)C(C)(C)c2c1ccc1ccccc21. The van der Waals surface area contributed by atoms with E-state index in [2.05, 4.69) is 219 Å². The average molecular weight is 1030 g/mol. The molecular formula is C66H68N5O2S2+. The smallest absolute Gasteiger partial charge is 0.241 e. The molecule has 0 bridgehead atoms. The van der Waals surface area contributed by atoms with E-state index < -0.39 is 0 Å². The largest absolute Gasteiger partial charge is 0.457 e. The molecule has 0 saturated carbocycles. The van der Waals surface area contributed by atoms with Crippen molar-refractivity contribution in [2.45, 2.75) is 86.3 Å². The molecule has 0 saturated heterocycles. The molecule has 0 fully saturated rings. The minimum absolute atomic E-state index is 0.0376. The van der Waals surface area contributed by atoms with Crippen LogP contribution in [0.15, 0.2) is 195 Å². The maximum atomic E-state index is 14.5. The first-order valence-electron chi connectivity index (χ1n) is 26.5. The van der Waals surface area contributed by atoms with Crippen LogP contribution in [0.25, 0.3) is 21.5 Å². The van der Waals surface area contributed by atoms with Gasteiger partial charge in [-0.3, -0.25) is 9.69 Å². The number of fused-ring (bicyclic) bond motifs is 8. The molecule has 7 aromatic rings. The fourth-order valence-corrected chi connectivity index (χ4v) is 13.9. The van der Waals surface area contributed by atoms with E-state index in [0.717, 1.165) is 81.3 Å². The first-order valence-corrected chi connectivity index (χ1v) is 28.3. The van der Waals surface area contributed by atoms with Crippen molar-refractivity contribution in [1.29, 1.82) is 0 Å². The maximum Gasteiger partial charge on any atom is 0.241 e. The summed E-state index contributed by atoms with van der Waals surface area (Å²) in [4.78, 5) is 26.2. The zero-order chi connectivity index (χ0) is 52.3. The summed E-state index contributed by atoms with van der Waals surface area (Å²) in [7, 11) is 8.20. The Bertz CT molecular complexity index is 3540. The highest BCUT2D eigenvalue weighted by Gasteiger charge is 2.45. The zero-order valence-electron chi connectivity index (χ0n) is 45.1. The lowest BCUT2D eigenvalue weighted by Gasteiger charge is -2.32. The lowest BCUT2D eigenvalue weighted by atomic mass is 9.78. The minimum Gasteiger partial charge on any atom is -0.457 e. The Morgan fingerprint density at radius 1 is 0.693 bits per heavy atom. The summed E-state index contributed by atoms with van der Waals surface area (Å²) in [5.41, 5.74) is 13.9. The Morgan fingerprint density at radius 2 is 1.31 bits per heavy atom. The van der Waals surface area contributed by atoms with Gasteiger partial charge in [0.1, 0.15) is 18.1 Å². The number of carbonyl (C=O) groups excluding carboxylic acids is 1. The summed E-state index contributed by atoms with van der Waals surface area (Å²) < 4.78 is 9.66. The van der Waals surface area contributed by atoms with E-state index in [1.807, 2.05) is 33.1 Å². The van der Waals surface area contributed by atoms with Crippen molar-refractivity contribution in [3.63, 3.8) is 0 Å². The van der Waals surface area contributed by atoms with Gasteiger partial charge in [0.25, 0.3) is 0 Å². The van der Waals surface area contributed by atoms with Crippen molar-refractivity contribution in [3.05, 3.63) is 191 Å². The highest BCUT2D eigenvalue weighted by molar-refractivity contribution is 8.00. The number of thioether (sulfide) groups is 1. The lowest BCUT2D eigenvalue weighted by Crippen LogP contribution is -2.30. The number of amides is 1. The van der Waals surface area contributed by atoms with Crippen LogP contribution in [0.3, 0.4) is 0 Å². The second kappa shape index (κ2) is 20.0. The van der Waals surface area contributed by atoms with Gasteiger partial charge in [-0.2, -0.15) is 4.58 Å². The summed E-state index contributed by atoms with van der Waals surface area (Å²) in [6.07, 6.45) is 12.3. The van der Waals surface area contributed by atoms with Gasteiger partial charge in [0, 0.05) is 95.3 Å². The van der Waals surface area contributed by atoms with Gasteiger partial charge in [0.05, 0.1) is 22.5 Å². The molecule has 0 aromatic heterocycles. The number of hydrogen-bond donors (Lipinski definition) is 0. The van der Waals surface area contributed by atoms with E-state index in [4.69, 9.17) is 4.74 Å². The highest BCUT2D eigenvalue weighted by Crippen LogP contribution is 2.53. The first kappa shape index (κ1) is 50.2. The number of rotatable bonds is 12. The number of allylic oxidation sites excluding steroid dienone is 7. The van der Waals surface area contributed by atoms with Crippen LogP contribution >= 0.6 is 23.5 Å². The molecule has 0 radical (unpaired) electrons. The number of hydrogen-bond acceptors (Lipinski definition) is 7. The Balaban J connectivity index is 0.921. The van der Waals surface area contributed by atoms with Crippen molar-refractivity contribution >= 4 is 90.8 Å². The molecule has 7 aromatic carbocycles. The van der Waals surface area contributed by atoms with Crippen molar-refractivity contribution in [2.75, 3.05) is 66.6 Å². The van der Waals surface area contributed by atoms with Crippen LogP contribution in [0.4, 0.5) is 34.1 Å². The van der Waals surface area contributed by atoms with E-state index in [1.54, 1.807) is 23.5 Å². The fraction of sp³-hybridized carbons (Fsp3) is 0.273. The highest BCUT2D eigenvalue weighted by atomic mass is 32.2. The minimum atomic E-state index is -0.210. The maximum absolute atomic E-state index is 14.5. The second-order valence-corrected chi connectivity index (χ2v) is 23.7. The topological polar surface area (TPSA) is 42.3 Å². The van der Waals surface area contributed by atoms with Crippen LogP contribution in [0, 0.1) is 0 Å². The number of nitrogens with zero attached hydrogens (tertiary/aromatic N) is 5. The van der Waals surface area contributed by atoms with Crippen molar-refractivity contribution in [3.8, 4) is 5.75 Å². The van der Waals surface area contributed by atoms with Gasteiger partial charge in [0.15, 0.2) is 5.71 Å². The van der Waals surface area contributed by atoms with Crippen LogP contribution in [-0.4, -0.2) is 63.2 Å². The van der Waals surface area contributed by atoms with Gasteiger partial charge >= 0.3 is 0 Å². The summed E-state index contributed by atoms with van der Waals surface area (Å²) in [5, 5.41) is 5.18. The van der Waals surface area contributed by atoms with Crippen LogP contribution in [0.2, 0.25) is 0 Å².